The maximum Gasteiger partial charge on any atom is 0.343 e. The van der Waals surface area contributed by atoms with Crippen LogP contribution in [-0.2, 0) is 0 Å². The third-order valence-corrected chi connectivity index (χ3v) is 2.53. The molecule has 0 aliphatic carbocycles. The van der Waals surface area contributed by atoms with Crippen molar-refractivity contribution in [1.82, 2.24) is 0 Å². The molecule has 0 saturated carbocycles. The standard InChI is InChI=1S/C15H11FO3/c1-10(17)13-9-12(16)7-8-14(13)19-15(18)11-5-3-2-4-6-11/h2-9H,1H3. The molecule has 0 saturated heterocycles. The van der Waals surface area contributed by atoms with Crippen LogP contribution >= 0.6 is 0 Å². The lowest BCUT2D eigenvalue weighted by atomic mass is 10.1. The van der Waals surface area contributed by atoms with Gasteiger partial charge in [-0.2, -0.15) is 0 Å². The number of carbonyl (C=O) groups excluding carboxylic acids is 2. The van der Waals surface area contributed by atoms with Gasteiger partial charge in [-0.1, -0.05) is 18.2 Å². The van der Waals surface area contributed by atoms with Crippen molar-refractivity contribution in [3.8, 4) is 5.75 Å². The molecule has 0 unspecified atom stereocenters. The summed E-state index contributed by atoms with van der Waals surface area (Å²) in [5.74, 6) is -1.45. The van der Waals surface area contributed by atoms with Crippen LogP contribution < -0.4 is 4.74 Å². The molecule has 19 heavy (non-hydrogen) atoms. The molecular formula is C15H11FO3. The Labute approximate surface area is 109 Å². The van der Waals surface area contributed by atoms with Crippen molar-refractivity contribution in [1.29, 1.82) is 0 Å². The molecule has 0 radical (unpaired) electrons. The highest BCUT2D eigenvalue weighted by molar-refractivity contribution is 5.99. The number of carbonyl (C=O) groups is 2. The summed E-state index contributed by atoms with van der Waals surface area (Å²) in [5, 5.41) is 0. The fraction of sp³-hybridized carbons (Fsp3) is 0.0667. The largest absolute Gasteiger partial charge is 0.422 e. The number of hydrogen-bond acceptors (Lipinski definition) is 3. The summed E-state index contributed by atoms with van der Waals surface area (Å²) in [5.41, 5.74) is 0.408. The number of rotatable bonds is 3. The van der Waals surface area contributed by atoms with Gasteiger partial charge in [0.25, 0.3) is 0 Å². The minimum absolute atomic E-state index is 0.0456. The highest BCUT2D eigenvalue weighted by atomic mass is 19.1. The van der Waals surface area contributed by atoms with Crippen LogP contribution in [0.15, 0.2) is 48.5 Å². The zero-order valence-electron chi connectivity index (χ0n) is 10.2. The van der Waals surface area contributed by atoms with Gasteiger partial charge >= 0.3 is 5.97 Å². The van der Waals surface area contributed by atoms with Crippen molar-refractivity contribution >= 4 is 11.8 Å². The van der Waals surface area contributed by atoms with Crippen molar-refractivity contribution in [2.45, 2.75) is 6.92 Å². The van der Waals surface area contributed by atoms with Gasteiger partial charge < -0.3 is 4.74 Å². The molecule has 0 aliphatic heterocycles. The van der Waals surface area contributed by atoms with Crippen LogP contribution in [0, 0.1) is 5.82 Å². The van der Waals surface area contributed by atoms with E-state index in [-0.39, 0.29) is 17.1 Å². The number of hydrogen-bond donors (Lipinski definition) is 0. The summed E-state index contributed by atoms with van der Waals surface area (Å²) in [6.45, 7) is 1.29. The minimum atomic E-state index is -0.588. The number of ketones is 1. The third kappa shape index (κ3) is 3.04. The van der Waals surface area contributed by atoms with E-state index in [1.54, 1.807) is 30.3 Å². The van der Waals surface area contributed by atoms with E-state index in [9.17, 15) is 14.0 Å². The Morgan fingerprint density at radius 1 is 1.05 bits per heavy atom. The number of benzene rings is 2. The fourth-order valence-corrected chi connectivity index (χ4v) is 1.60. The van der Waals surface area contributed by atoms with Gasteiger partial charge in [-0.3, -0.25) is 4.79 Å². The Morgan fingerprint density at radius 2 is 1.74 bits per heavy atom. The van der Waals surface area contributed by atoms with Crippen LogP contribution in [0.5, 0.6) is 5.75 Å². The monoisotopic (exact) mass is 258 g/mol. The normalized spacial score (nSPS) is 10.0. The zero-order valence-corrected chi connectivity index (χ0v) is 10.2. The molecule has 0 aromatic heterocycles. The topological polar surface area (TPSA) is 43.4 Å². The summed E-state index contributed by atoms with van der Waals surface area (Å²) in [7, 11) is 0. The molecule has 0 heterocycles. The molecular weight excluding hydrogens is 247 g/mol. The molecule has 0 amide bonds. The average Bonchev–Trinajstić information content (AvgIpc) is 2.41. The highest BCUT2D eigenvalue weighted by Crippen LogP contribution is 2.21. The molecule has 0 N–H and O–H groups in total. The van der Waals surface area contributed by atoms with Gasteiger partial charge in [0.15, 0.2) is 5.78 Å². The van der Waals surface area contributed by atoms with E-state index in [1.165, 1.54) is 13.0 Å². The Hall–Kier alpha value is -2.49. The Morgan fingerprint density at radius 3 is 2.37 bits per heavy atom. The Bertz CT molecular complexity index is 621. The molecule has 0 spiro atoms. The molecule has 0 aliphatic rings. The van der Waals surface area contributed by atoms with Gasteiger partial charge in [0.2, 0.25) is 0 Å². The molecule has 0 bridgehead atoms. The van der Waals surface area contributed by atoms with E-state index in [1.807, 2.05) is 0 Å². The molecule has 96 valence electrons. The predicted molar refractivity (Wildman–Crippen MR) is 67.8 cm³/mol. The quantitative estimate of drug-likeness (QED) is 0.482. The van der Waals surface area contributed by atoms with Crippen LogP contribution in [0.4, 0.5) is 4.39 Å². The lowest BCUT2D eigenvalue weighted by Gasteiger charge is -2.08. The summed E-state index contributed by atoms with van der Waals surface area (Å²) in [6.07, 6.45) is 0. The lowest BCUT2D eigenvalue weighted by Crippen LogP contribution is -2.11. The van der Waals surface area contributed by atoms with E-state index in [0.717, 1.165) is 12.1 Å². The first-order valence-electron chi connectivity index (χ1n) is 5.65. The molecule has 2 aromatic carbocycles. The zero-order chi connectivity index (χ0) is 13.8. The second kappa shape index (κ2) is 5.44. The van der Waals surface area contributed by atoms with Crippen LogP contribution in [0.1, 0.15) is 27.6 Å². The molecule has 0 fully saturated rings. The van der Waals surface area contributed by atoms with E-state index >= 15 is 0 Å². The van der Waals surface area contributed by atoms with Crippen molar-refractivity contribution in [3.05, 3.63) is 65.5 Å². The van der Waals surface area contributed by atoms with Crippen molar-refractivity contribution in [2.75, 3.05) is 0 Å². The maximum absolute atomic E-state index is 13.1. The molecule has 0 atom stereocenters. The molecule has 4 heteroatoms. The van der Waals surface area contributed by atoms with E-state index in [0.29, 0.717) is 5.56 Å². The fourth-order valence-electron chi connectivity index (χ4n) is 1.60. The SMILES string of the molecule is CC(=O)c1cc(F)ccc1OC(=O)c1ccccc1. The Balaban J connectivity index is 2.29. The number of Topliss-reactive ketones (excluding diaryl/α,β-unsaturated/α-hetero) is 1. The second-order valence-corrected chi connectivity index (χ2v) is 3.95. The van der Waals surface area contributed by atoms with Crippen molar-refractivity contribution in [2.24, 2.45) is 0 Å². The van der Waals surface area contributed by atoms with Crippen LogP contribution in [0.25, 0.3) is 0 Å². The second-order valence-electron chi connectivity index (χ2n) is 3.95. The first-order chi connectivity index (χ1) is 9.08. The minimum Gasteiger partial charge on any atom is -0.422 e. The average molecular weight is 258 g/mol. The van der Waals surface area contributed by atoms with Gasteiger partial charge in [0.1, 0.15) is 11.6 Å². The first kappa shape index (κ1) is 13.0. The smallest absolute Gasteiger partial charge is 0.343 e. The number of ether oxygens (including phenoxy) is 1. The van der Waals surface area contributed by atoms with Crippen molar-refractivity contribution < 1.29 is 18.7 Å². The van der Waals surface area contributed by atoms with Gasteiger partial charge in [-0.15, -0.1) is 0 Å². The number of halogens is 1. The molecule has 2 aromatic rings. The van der Waals surface area contributed by atoms with Gasteiger partial charge in [0.05, 0.1) is 11.1 Å². The summed E-state index contributed by atoms with van der Waals surface area (Å²) >= 11 is 0. The van der Waals surface area contributed by atoms with E-state index in [2.05, 4.69) is 0 Å². The first-order valence-corrected chi connectivity index (χ1v) is 5.65. The lowest BCUT2D eigenvalue weighted by molar-refractivity contribution is 0.0732. The van der Waals surface area contributed by atoms with Crippen LogP contribution in [0.3, 0.4) is 0 Å². The third-order valence-electron chi connectivity index (χ3n) is 2.53. The maximum atomic E-state index is 13.1. The van der Waals surface area contributed by atoms with E-state index in [4.69, 9.17) is 4.74 Å². The highest BCUT2D eigenvalue weighted by Gasteiger charge is 2.14. The Kier molecular flexibility index (Phi) is 3.71. The van der Waals surface area contributed by atoms with Crippen LogP contribution in [0.2, 0.25) is 0 Å². The molecule has 2 rings (SSSR count). The summed E-state index contributed by atoms with van der Waals surface area (Å²) in [4.78, 5) is 23.2. The van der Waals surface area contributed by atoms with E-state index < -0.39 is 11.8 Å². The van der Waals surface area contributed by atoms with Crippen molar-refractivity contribution in [3.63, 3.8) is 0 Å². The van der Waals surface area contributed by atoms with Crippen LogP contribution in [-0.4, -0.2) is 11.8 Å². The van der Waals surface area contributed by atoms with Gasteiger partial charge in [-0.05, 0) is 37.3 Å². The molecule has 3 nitrogen and oxygen atoms in total. The number of esters is 1. The summed E-state index contributed by atoms with van der Waals surface area (Å²) < 4.78 is 18.2. The van der Waals surface area contributed by atoms with Gasteiger partial charge in [-0.25, -0.2) is 9.18 Å². The summed E-state index contributed by atoms with van der Waals surface area (Å²) in [6, 6.07) is 11.8. The predicted octanol–water partition coefficient (Wildman–Crippen LogP) is 3.25. The van der Waals surface area contributed by atoms with Gasteiger partial charge in [0, 0.05) is 0 Å².